The van der Waals surface area contributed by atoms with Crippen molar-refractivity contribution in [1.82, 2.24) is 10.2 Å². The van der Waals surface area contributed by atoms with Crippen LogP contribution >= 0.6 is 0 Å². The molecule has 6 nitrogen and oxygen atoms in total. The smallest absolute Gasteiger partial charge is 0.416 e. The van der Waals surface area contributed by atoms with Crippen LogP contribution in [-0.2, 0) is 22.3 Å². The molecule has 0 amide bonds. The molecule has 0 spiro atoms. The predicted molar refractivity (Wildman–Crippen MR) is 86.5 cm³/mol. The lowest BCUT2D eigenvalue weighted by Crippen LogP contribution is -2.15. The number of carbonyl (C=O) groups excluding carboxylic acids is 1. The van der Waals surface area contributed by atoms with Crippen molar-refractivity contribution in [1.29, 1.82) is 0 Å². The quantitative estimate of drug-likeness (QED) is 0.606. The normalized spacial score (nSPS) is 11.2. The molecule has 2 aromatic carbocycles. The monoisotopic (exact) mass is 378 g/mol. The van der Waals surface area contributed by atoms with Gasteiger partial charge < -0.3 is 13.9 Å². The van der Waals surface area contributed by atoms with Crippen LogP contribution in [0.3, 0.4) is 0 Å². The van der Waals surface area contributed by atoms with E-state index in [1.165, 1.54) is 12.1 Å². The Labute approximate surface area is 151 Å². The first kappa shape index (κ1) is 18.4. The van der Waals surface area contributed by atoms with Crippen LogP contribution in [0, 0.1) is 0 Å². The molecule has 0 atom stereocenters. The maximum atomic E-state index is 12.6. The van der Waals surface area contributed by atoms with Gasteiger partial charge in [-0.1, -0.05) is 24.3 Å². The summed E-state index contributed by atoms with van der Waals surface area (Å²) in [4.78, 5) is 11.7. The van der Waals surface area contributed by atoms with Crippen LogP contribution in [0.5, 0.6) is 5.75 Å². The van der Waals surface area contributed by atoms with Crippen molar-refractivity contribution in [2.75, 3.05) is 6.61 Å². The fourth-order valence-corrected chi connectivity index (χ4v) is 2.10. The Morgan fingerprint density at radius 3 is 2.56 bits per heavy atom. The van der Waals surface area contributed by atoms with Crippen molar-refractivity contribution < 1.29 is 31.9 Å². The molecule has 0 fully saturated rings. The van der Waals surface area contributed by atoms with Crippen molar-refractivity contribution >= 4 is 5.97 Å². The van der Waals surface area contributed by atoms with Gasteiger partial charge >= 0.3 is 12.1 Å². The molecule has 0 aliphatic heterocycles. The van der Waals surface area contributed by atoms with Crippen LogP contribution in [0.15, 0.2) is 59.0 Å². The molecular weight excluding hydrogens is 365 g/mol. The number of hydrogen-bond acceptors (Lipinski definition) is 6. The Bertz CT molecular complexity index is 910. The van der Waals surface area contributed by atoms with Gasteiger partial charge in [0.25, 0.3) is 5.89 Å². The van der Waals surface area contributed by atoms with Gasteiger partial charge in [-0.05, 0) is 30.3 Å². The fourth-order valence-electron chi connectivity index (χ4n) is 2.10. The van der Waals surface area contributed by atoms with Gasteiger partial charge in [0.05, 0.1) is 5.56 Å². The Morgan fingerprint density at radius 1 is 1.04 bits per heavy atom. The van der Waals surface area contributed by atoms with Crippen LogP contribution in [0.4, 0.5) is 13.2 Å². The summed E-state index contributed by atoms with van der Waals surface area (Å²) in [6, 6.07) is 13.2. The summed E-state index contributed by atoms with van der Waals surface area (Å²) >= 11 is 0. The summed E-state index contributed by atoms with van der Waals surface area (Å²) in [6.45, 7) is -0.828. The standard InChI is InChI=1S/C18H13F3N2O4/c19-18(20,21)13-7-4-8-14(9-13)25-11-16(24)26-10-15-22-23-17(27-15)12-5-2-1-3-6-12/h1-9H,10-11H2. The Balaban J connectivity index is 1.50. The minimum atomic E-state index is -4.49. The number of halogens is 3. The van der Waals surface area contributed by atoms with E-state index in [1.807, 2.05) is 18.2 Å². The second-order valence-electron chi connectivity index (χ2n) is 5.34. The molecule has 140 valence electrons. The number of ether oxygens (including phenoxy) is 2. The number of carbonyl (C=O) groups is 1. The van der Waals surface area contributed by atoms with Crippen LogP contribution in [-0.4, -0.2) is 22.8 Å². The lowest BCUT2D eigenvalue weighted by molar-refractivity contribution is -0.148. The third kappa shape index (κ3) is 5.06. The van der Waals surface area contributed by atoms with Crippen LogP contribution in [0.25, 0.3) is 11.5 Å². The summed E-state index contributed by atoms with van der Waals surface area (Å²) < 4.78 is 53.2. The largest absolute Gasteiger partial charge is 0.482 e. The first-order chi connectivity index (χ1) is 12.9. The Morgan fingerprint density at radius 2 is 1.81 bits per heavy atom. The van der Waals surface area contributed by atoms with Gasteiger partial charge in [-0.15, -0.1) is 10.2 Å². The van der Waals surface area contributed by atoms with Gasteiger partial charge in [-0.25, -0.2) is 4.79 Å². The number of alkyl halides is 3. The van der Waals surface area contributed by atoms with Crippen LogP contribution < -0.4 is 4.74 Å². The summed E-state index contributed by atoms with van der Waals surface area (Å²) in [5.41, 5.74) is -0.150. The molecule has 3 rings (SSSR count). The predicted octanol–water partition coefficient (Wildman–Crippen LogP) is 3.88. The molecule has 0 bridgehead atoms. The number of hydrogen-bond donors (Lipinski definition) is 0. The molecule has 3 aromatic rings. The second-order valence-corrected chi connectivity index (χ2v) is 5.34. The van der Waals surface area contributed by atoms with E-state index in [2.05, 4.69) is 10.2 Å². The Kier molecular flexibility index (Phi) is 5.39. The molecule has 1 heterocycles. The van der Waals surface area contributed by atoms with E-state index in [9.17, 15) is 18.0 Å². The highest BCUT2D eigenvalue weighted by molar-refractivity contribution is 5.71. The molecule has 27 heavy (non-hydrogen) atoms. The maximum Gasteiger partial charge on any atom is 0.416 e. The number of rotatable bonds is 6. The average molecular weight is 378 g/mol. The van der Waals surface area contributed by atoms with Gasteiger partial charge in [-0.2, -0.15) is 13.2 Å². The van der Waals surface area contributed by atoms with Gasteiger partial charge in [-0.3, -0.25) is 0 Å². The molecule has 0 radical (unpaired) electrons. The zero-order chi connectivity index (χ0) is 19.3. The lowest BCUT2D eigenvalue weighted by Gasteiger charge is -2.09. The molecule has 0 aliphatic carbocycles. The zero-order valence-corrected chi connectivity index (χ0v) is 13.8. The third-order valence-corrected chi connectivity index (χ3v) is 3.36. The second kappa shape index (κ2) is 7.90. The van der Waals surface area contributed by atoms with Gasteiger partial charge in [0.2, 0.25) is 5.89 Å². The highest BCUT2D eigenvalue weighted by Crippen LogP contribution is 2.31. The van der Waals surface area contributed by atoms with Crippen molar-refractivity contribution in [2.45, 2.75) is 12.8 Å². The lowest BCUT2D eigenvalue weighted by atomic mass is 10.2. The molecular formula is C18H13F3N2O4. The van der Waals surface area contributed by atoms with E-state index in [4.69, 9.17) is 13.9 Å². The first-order valence-corrected chi connectivity index (χ1v) is 7.75. The molecule has 0 unspecified atom stereocenters. The summed E-state index contributed by atoms with van der Waals surface area (Å²) in [7, 11) is 0. The van der Waals surface area contributed by atoms with Crippen LogP contribution in [0.2, 0.25) is 0 Å². The number of aromatic nitrogens is 2. The number of esters is 1. The van der Waals surface area contributed by atoms with Gasteiger partial charge in [0, 0.05) is 5.56 Å². The summed E-state index contributed by atoms with van der Waals surface area (Å²) in [5, 5.41) is 7.61. The minimum absolute atomic E-state index is 0.0845. The molecule has 0 N–H and O–H groups in total. The van der Waals surface area contributed by atoms with E-state index < -0.39 is 24.3 Å². The number of benzene rings is 2. The van der Waals surface area contributed by atoms with Crippen molar-refractivity contribution in [3.05, 3.63) is 66.1 Å². The maximum absolute atomic E-state index is 12.6. The topological polar surface area (TPSA) is 74.5 Å². The van der Waals surface area contributed by atoms with Crippen LogP contribution in [0.1, 0.15) is 11.5 Å². The molecule has 1 aromatic heterocycles. The van der Waals surface area contributed by atoms with Gasteiger partial charge in [0.1, 0.15) is 5.75 Å². The molecule has 0 saturated carbocycles. The average Bonchev–Trinajstić information content (AvgIpc) is 3.14. The highest BCUT2D eigenvalue weighted by Gasteiger charge is 2.30. The fraction of sp³-hybridized carbons (Fsp3) is 0.167. The van der Waals surface area contributed by atoms with E-state index in [0.717, 1.165) is 17.7 Å². The third-order valence-electron chi connectivity index (χ3n) is 3.36. The van der Waals surface area contributed by atoms with Crippen molar-refractivity contribution in [3.8, 4) is 17.2 Å². The SMILES string of the molecule is O=C(COc1cccc(C(F)(F)F)c1)OCc1nnc(-c2ccccc2)o1. The van der Waals surface area contributed by atoms with E-state index in [-0.39, 0.29) is 24.1 Å². The first-order valence-electron chi connectivity index (χ1n) is 7.75. The van der Waals surface area contributed by atoms with Gasteiger partial charge in [0.15, 0.2) is 13.2 Å². The summed E-state index contributed by atoms with van der Waals surface area (Å²) in [5.74, 6) is -0.513. The molecule has 9 heteroatoms. The molecule has 0 saturated heterocycles. The van der Waals surface area contributed by atoms with E-state index in [0.29, 0.717) is 0 Å². The Hall–Kier alpha value is -3.36. The van der Waals surface area contributed by atoms with E-state index >= 15 is 0 Å². The van der Waals surface area contributed by atoms with Crippen molar-refractivity contribution in [2.24, 2.45) is 0 Å². The highest BCUT2D eigenvalue weighted by atomic mass is 19.4. The minimum Gasteiger partial charge on any atom is -0.482 e. The summed E-state index contributed by atoms with van der Waals surface area (Å²) in [6.07, 6.45) is -4.49. The number of nitrogens with zero attached hydrogens (tertiary/aromatic N) is 2. The molecule has 0 aliphatic rings. The van der Waals surface area contributed by atoms with E-state index in [1.54, 1.807) is 12.1 Å². The zero-order valence-electron chi connectivity index (χ0n) is 13.8. The van der Waals surface area contributed by atoms with Crippen molar-refractivity contribution in [3.63, 3.8) is 0 Å².